The van der Waals surface area contributed by atoms with E-state index < -0.39 is 29.8 Å². The summed E-state index contributed by atoms with van der Waals surface area (Å²) in [7, 11) is -13.6. The van der Waals surface area contributed by atoms with Crippen LogP contribution in [-0.4, -0.2) is 90.4 Å². The second-order valence-corrected chi connectivity index (χ2v) is 12.7. The Bertz CT molecular complexity index is 645. The number of hydrogen-bond donors (Lipinski definition) is 4. The quantitative estimate of drug-likeness (QED) is 0.0508. The van der Waals surface area contributed by atoms with Gasteiger partial charge in [-0.3, -0.25) is 8.37 Å². The summed E-state index contributed by atoms with van der Waals surface area (Å²) in [5.74, 6) is 0. The van der Waals surface area contributed by atoms with Gasteiger partial charge in [-0.1, -0.05) is 129 Å². The number of unbranched alkanes of at least 4 members (excludes halogenated alkanes) is 18. The number of hydrogen-bond acceptors (Lipinski definition) is 12. The van der Waals surface area contributed by atoms with E-state index in [0.717, 1.165) is 25.7 Å². The minimum absolute atomic E-state index is 0. The van der Waals surface area contributed by atoms with Gasteiger partial charge in [-0.25, -0.2) is 16.8 Å². The van der Waals surface area contributed by atoms with E-state index in [0.29, 0.717) is 12.8 Å². The molecule has 0 amide bonds. The van der Waals surface area contributed by atoms with Gasteiger partial charge in [-0.05, 0) is 12.8 Å². The standard InChI is InChI=1S/2C12H26O4S.Mg.H4O4Si/c2*1-2-3-4-5-6-7-8-9-10-11-12-16-17(13,14)15;;1-5(2,3)4/h2*2-12H2,1H3,(H,13,14,15);;1-4H/q;;+2;/p-2. The molecule has 16 heteroatoms. The van der Waals surface area contributed by atoms with Crippen LogP contribution in [0.3, 0.4) is 0 Å². The topological polar surface area (TPSA) is 214 Å². The molecule has 240 valence electrons. The molecule has 0 aliphatic heterocycles. The molecule has 0 aromatic carbocycles. The summed E-state index contributed by atoms with van der Waals surface area (Å²) in [6, 6.07) is 0. The van der Waals surface area contributed by atoms with Crippen molar-refractivity contribution in [3.05, 3.63) is 0 Å². The van der Waals surface area contributed by atoms with E-state index in [2.05, 4.69) is 22.2 Å². The zero-order valence-corrected chi connectivity index (χ0v) is 28.7. The summed E-state index contributed by atoms with van der Waals surface area (Å²) in [6.45, 7) is 4.49. The van der Waals surface area contributed by atoms with Crippen LogP contribution in [0, 0.1) is 0 Å². The van der Waals surface area contributed by atoms with E-state index in [4.69, 9.17) is 19.2 Å². The average Bonchev–Trinajstić information content (AvgIpc) is 2.79. The van der Waals surface area contributed by atoms with Crippen LogP contribution in [0.5, 0.6) is 0 Å². The monoisotopic (exact) mass is 650 g/mol. The van der Waals surface area contributed by atoms with E-state index in [1.165, 1.54) is 89.9 Å². The van der Waals surface area contributed by atoms with E-state index in [-0.39, 0.29) is 36.3 Å². The van der Waals surface area contributed by atoms with Gasteiger partial charge in [0, 0.05) is 0 Å². The van der Waals surface area contributed by atoms with Crippen molar-refractivity contribution in [3.8, 4) is 0 Å². The molecule has 0 aliphatic rings. The van der Waals surface area contributed by atoms with Crippen LogP contribution in [0.25, 0.3) is 0 Å². The van der Waals surface area contributed by atoms with Crippen molar-refractivity contribution in [1.29, 1.82) is 0 Å². The molecular formula is C24H54MgO12S2Si. The molecule has 0 radical (unpaired) electrons. The molecule has 40 heavy (non-hydrogen) atoms. The van der Waals surface area contributed by atoms with Crippen LogP contribution in [0.2, 0.25) is 0 Å². The van der Waals surface area contributed by atoms with Crippen LogP contribution in [-0.2, 0) is 29.2 Å². The van der Waals surface area contributed by atoms with Gasteiger partial charge in [0.1, 0.15) is 0 Å². The predicted molar refractivity (Wildman–Crippen MR) is 155 cm³/mol. The molecular weight excluding hydrogens is 597 g/mol. The van der Waals surface area contributed by atoms with Crippen molar-refractivity contribution in [3.63, 3.8) is 0 Å². The predicted octanol–water partition coefficient (Wildman–Crippen LogP) is 3.78. The molecule has 0 fully saturated rings. The van der Waals surface area contributed by atoms with Crippen LogP contribution in [0.15, 0.2) is 0 Å². The molecule has 0 heterocycles. The van der Waals surface area contributed by atoms with Gasteiger partial charge in [0.25, 0.3) is 0 Å². The summed E-state index contributed by atoms with van der Waals surface area (Å²) >= 11 is 0. The van der Waals surface area contributed by atoms with Crippen molar-refractivity contribution in [2.75, 3.05) is 13.2 Å². The van der Waals surface area contributed by atoms with Crippen molar-refractivity contribution in [2.45, 2.75) is 142 Å². The maximum atomic E-state index is 10.1. The Balaban J connectivity index is -0.000000271. The second kappa shape index (κ2) is 32.5. The Hall–Kier alpha value is 0.563. The van der Waals surface area contributed by atoms with Crippen LogP contribution in [0.1, 0.15) is 142 Å². The molecule has 0 saturated carbocycles. The van der Waals surface area contributed by atoms with E-state index in [1.807, 2.05) is 0 Å². The van der Waals surface area contributed by atoms with Gasteiger partial charge in [-0.2, -0.15) is 0 Å². The summed E-state index contributed by atoms with van der Waals surface area (Å²) in [5, 5.41) is 0. The molecule has 0 bridgehead atoms. The molecule has 12 nitrogen and oxygen atoms in total. The van der Waals surface area contributed by atoms with Crippen molar-refractivity contribution in [2.24, 2.45) is 0 Å². The smallest absolute Gasteiger partial charge is 0.726 e. The first-order valence-corrected chi connectivity index (χ1v) is 18.7. The fourth-order valence-corrected chi connectivity index (χ4v) is 4.14. The average molecular weight is 651 g/mol. The minimum Gasteiger partial charge on any atom is -0.726 e. The Morgan fingerprint density at radius 1 is 0.475 bits per heavy atom. The first-order chi connectivity index (χ1) is 18.1. The van der Waals surface area contributed by atoms with Crippen molar-refractivity contribution >= 4 is 52.9 Å². The summed E-state index contributed by atoms with van der Waals surface area (Å²) in [5.41, 5.74) is 0. The molecule has 0 atom stereocenters. The summed E-state index contributed by atoms with van der Waals surface area (Å²) in [6.07, 6.45) is 23.4. The Morgan fingerprint density at radius 2 is 0.650 bits per heavy atom. The molecule has 0 spiro atoms. The van der Waals surface area contributed by atoms with E-state index in [1.54, 1.807) is 0 Å². The summed E-state index contributed by atoms with van der Waals surface area (Å²) < 4.78 is 68.9. The Kier molecular flexibility index (Phi) is 38.6. The van der Waals surface area contributed by atoms with Crippen molar-refractivity contribution in [1.82, 2.24) is 0 Å². The third-order valence-electron chi connectivity index (χ3n) is 5.45. The van der Waals surface area contributed by atoms with E-state index in [9.17, 15) is 25.9 Å². The van der Waals surface area contributed by atoms with Crippen LogP contribution in [0.4, 0.5) is 0 Å². The number of rotatable bonds is 24. The first kappa shape index (κ1) is 47.5. The van der Waals surface area contributed by atoms with Gasteiger partial charge in [0.2, 0.25) is 20.8 Å². The first-order valence-electron chi connectivity index (χ1n) is 14.2. The normalized spacial score (nSPS) is 11.6. The third kappa shape index (κ3) is 66.7. The molecule has 4 N–H and O–H groups in total. The molecule has 0 aliphatic carbocycles. The molecule has 0 aromatic heterocycles. The molecule has 0 aromatic rings. The van der Waals surface area contributed by atoms with Gasteiger partial charge in [0.15, 0.2) is 0 Å². The molecule has 0 unspecified atom stereocenters. The Labute approximate surface area is 260 Å². The Morgan fingerprint density at radius 3 is 0.825 bits per heavy atom. The van der Waals surface area contributed by atoms with Crippen molar-refractivity contribution < 1.29 is 53.5 Å². The van der Waals surface area contributed by atoms with Gasteiger partial charge in [-0.15, -0.1) is 0 Å². The minimum atomic E-state index is -4.61. The van der Waals surface area contributed by atoms with Gasteiger partial charge >= 0.3 is 32.1 Å². The third-order valence-corrected chi connectivity index (χ3v) is 6.36. The second-order valence-electron chi connectivity index (χ2n) is 9.42. The fourth-order valence-electron chi connectivity index (χ4n) is 3.50. The van der Waals surface area contributed by atoms with E-state index >= 15 is 0 Å². The maximum Gasteiger partial charge on any atom is 2.00 e. The van der Waals surface area contributed by atoms with Gasteiger partial charge < -0.3 is 28.3 Å². The SMILES string of the molecule is CCCCCCCCCCCCOS(=O)(=O)[O-].CCCCCCCCCCCCOS(=O)(=O)[O-].O[Si](O)(O)O.[Mg+2]. The molecule has 0 rings (SSSR count). The largest absolute Gasteiger partial charge is 2.00 e. The fraction of sp³-hybridized carbons (Fsp3) is 1.00. The maximum absolute atomic E-state index is 10.1. The zero-order valence-electron chi connectivity index (χ0n) is 24.6. The van der Waals surface area contributed by atoms with Gasteiger partial charge in [0.05, 0.1) is 13.2 Å². The molecule has 0 saturated heterocycles. The van der Waals surface area contributed by atoms with Crippen LogP contribution < -0.4 is 0 Å². The van der Waals surface area contributed by atoms with Crippen LogP contribution >= 0.6 is 0 Å². The zero-order chi connectivity index (χ0) is 30.5. The summed E-state index contributed by atoms with van der Waals surface area (Å²) in [4.78, 5) is 29.3.